The molecule has 0 aliphatic carbocycles. The van der Waals surface area contributed by atoms with E-state index in [4.69, 9.17) is 23.9 Å². The Morgan fingerprint density at radius 3 is 2.04 bits per heavy atom. The highest BCUT2D eigenvalue weighted by Gasteiger charge is 2.43. The van der Waals surface area contributed by atoms with Gasteiger partial charge in [0.15, 0.2) is 0 Å². The molecule has 0 aliphatic heterocycles. The van der Waals surface area contributed by atoms with Crippen molar-refractivity contribution < 1.29 is 18.2 Å². The van der Waals surface area contributed by atoms with E-state index in [1.807, 2.05) is 39.8 Å². The Morgan fingerprint density at radius 2 is 1.61 bits per heavy atom. The Labute approximate surface area is 140 Å². The minimum absolute atomic E-state index is 0.361. The number of allylic oxidation sites excluding steroid dienone is 4. The lowest BCUT2D eigenvalue weighted by atomic mass is 10.5. The second-order valence-electron chi connectivity index (χ2n) is 4.84. The maximum Gasteiger partial charge on any atom is 0.559 e. The van der Waals surface area contributed by atoms with E-state index >= 15 is 0 Å². The molecule has 0 spiro atoms. The van der Waals surface area contributed by atoms with E-state index in [9.17, 15) is 0 Å². The largest absolute Gasteiger partial charge is 0.559 e. The first-order valence-electron chi connectivity index (χ1n) is 7.71. The Hall–Kier alpha value is -0.943. The van der Waals surface area contributed by atoms with Gasteiger partial charge in [-0.3, -0.25) is 20.0 Å². The lowest BCUT2D eigenvalue weighted by Crippen LogP contribution is -2.59. The van der Waals surface area contributed by atoms with Gasteiger partial charge < -0.3 is 20.2 Å². The molecule has 0 fully saturated rings. The smallest absolute Gasteiger partial charge is 0.382 e. The molecule has 0 saturated carbocycles. The minimum Gasteiger partial charge on any atom is -0.382 e. The third-order valence-corrected chi connectivity index (χ3v) is 5.03. The number of hydrogen-bond acceptors (Lipinski definition) is 8. The Balaban J connectivity index is 4.97. The maximum absolute atomic E-state index is 5.89. The fourth-order valence-electron chi connectivity index (χ4n) is 1.26. The molecular weight excluding hydrogens is 316 g/mol. The zero-order valence-electron chi connectivity index (χ0n) is 14.9. The molecule has 0 bridgehead atoms. The van der Waals surface area contributed by atoms with E-state index in [0.717, 1.165) is 11.4 Å². The van der Waals surface area contributed by atoms with Gasteiger partial charge in [0.1, 0.15) is 0 Å². The van der Waals surface area contributed by atoms with Crippen molar-refractivity contribution in [3.05, 3.63) is 23.5 Å². The highest BCUT2D eigenvalue weighted by Crippen LogP contribution is 2.08. The summed E-state index contributed by atoms with van der Waals surface area (Å²) >= 11 is 0. The average molecular weight is 349 g/mol. The molecule has 0 unspecified atom stereocenters. The van der Waals surface area contributed by atoms with Gasteiger partial charge in [0.05, 0.1) is 19.4 Å². The van der Waals surface area contributed by atoms with Crippen molar-refractivity contribution in [1.29, 1.82) is 0 Å². The molecule has 0 aromatic heterocycles. The van der Waals surface area contributed by atoms with Crippen LogP contribution in [0.1, 0.15) is 27.7 Å². The molecule has 0 rings (SSSR count). The van der Waals surface area contributed by atoms with Crippen LogP contribution in [0.2, 0.25) is 0 Å². The van der Waals surface area contributed by atoms with Gasteiger partial charge in [0.2, 0.25) is 0 Å². The lowest BCUT2D eigenvalue weighted by Gasteiger charge is -2.29. The number of rotatable bonds is 14. The van der Waals surface area contributed by atoms with Gasteiger partial charge in [-0.05, 0) is 27.7 Å². The highest BCUT2D eigenvalue weighted by atomic mass is 28.4. The summed E-state index contributed by atoms with van der Waals surface area (Å²) in [7, 11) is -1.46. The molecule has 0 saturated heterocycles. The van der Waals surface area contributed by atoms with Crippen LogP contribution in [0.15, 0.2) is 23.5 Å². The van der Waals surface area contributed by atoms with Crippen LogP contribution >= 0.6 is 0 Å². The summed E-state index contributed by atoms with van der Waals surface area (Å²) in [5.41, 5.74) is 13.0. The number of nitrogens with one attached hydrogen (secondary N) is 3. The molecule has 8 nitrogen and oxygen atoms in total. The molecule has 136 valence electrons. The van der Waals surface area contributed by atoms with Crippen LogP contribution in [0.25, 0.3) is 0 Å². The summed E-state index contributed by atoms with van der Waals surface area (Å²) in [6.45, 7) is 9.58. The molecule has 9 heteroatoms. The van der Waals surface area contributed by atoms with Crippen LogP contribution in [0.4, 0.5) is 0 Å². The van der Waals surface area contributed by atoms with Gasteiger partial charge >= 0.3 is 8.80 Å². The van der Waals surface area contributed by atoms with Crippen molar-refractivity contribution in [3.63, 3.8) is 0 Å². The van der Waals surface area contributed by atoms with Crippen molar-refractivity contribution in [2.24, 2.45) is 5.73 Å². The molecule has 0 aromatic carbocycles. The average Bonchev–Trinajstić information content (AvgIpc) is 2.57. The van der Waals surface area contributed by atoms with Crippen LogP contribution in [0.3, 0.4) is 0 Å². The first-order valence-corrected chi connectivity index (χ1v) is 9.64. The quantitative estimate of drug-likeness (QED) is 0.205. The minimum atomic E-state index is -3.08. The molecule has 0 aromatic rings. The maximum atomic E-state index is 5.89. The number of nitrogens with two attached hydrogens (primary N) is 1. The predicted molar refractivity (Wildman–Crippen MR) is 92.8 cm³/mol. The third-order valence-electron chi connectivity index (χ3n) is 2.87. The van der Waals surface area contributed by atoms with Gasteiger partial charge in [-0.15, -0.1) is 0 Å². The van der Waals surface area contributed by atoms with Crippen molar-refractivity contribution >= 4 is 8.80 Å². The van der Waals surface area contributed by atoms with E-state index < -0.39 is 8.80 Å². The van der Waals surface area contributed by atoms with E-state index in [1.54, 1.807) is 7.11 Å². The monoisotopic (exact) mass is 348 g/mol. The lowest BCUT2D eigenvalue weighted by molar-refractivity contribution is -0.00585. The standard InChI is InChI=1S/C14H32N4O4Si/c1-6-13(3)17-21-23(12-16-9-8-15,20-11-10-19-5)22-18-14(4)7-2/h6-7,16-18H,8-12,15H2,1-5H3. The van der Waals surface area contributed by atoms with E-state index in [-0.39, 0.29) is 0 Å². The summed E-state index contributed by atoms with van der Waals surface area (Å²) in [5, 5.41) is 3.19. The third kappa shape index (κ3) is 10.4. The van der Waals surface area contributed by atoms with Crippen LogP contribution in [-0.4, -0.2) is 48.4 Å². The van der Waals surface area contributed by atoms with Gasteiger partial charge in [0, 0.05) is 31.6 Å². The SMILES string of the molecule is CC=C(C)NO[Si](CNCCN)(OCCOC)ONC(C)=CC. The molecule has 23 heavy (non-hydrogen) atoms. The van der Waals surface area contributed by atoms with Gasteiger partial charge in [-0.1, -0.05) is 12.2 Å². The van der Waals surface area contributed by atoms with Crippen LogP contribution in [0, 0.1) is 0 Å². The van der Waals surface area contributed by atoms with Crippen molar-refractivity contribution in [1.82, 2.24) is 16.3 Å². The zero-order chi connectivity index (χ0) is 17.6. The predicted octanol–water partition coefficient (Wildman–Crippen LogP) is 0.566. The van der Waals surface area contributed by atoms with Crippen molar-refractivity contribution in [2.45, 2.75) is 27.7 Å². The van der Waals surface area contributed by atoms with E-state index in [2.05, 4.69) is 16.3 Å². The molecular formula is C14H32N4O4Si. The van der Waals surface area contributed by atoms with E-state index in [1.165, 1.54) is 0 Å². The first-order chi connectivity index (χ1) is 11.0. The molecule has 0 amide bonds. The Kier molecular flexibility index (Phi) is 12.9. The topological polar surface area (TPSA) is 99.0 Å². The molecule has 0 aliphatic rings. The van der Waals surface area contributed by atoms with Crippen molar-refractivity contribution in [3.8, 4) is 0 Å². The van der Waals surface area contributed by atoms with Crippen LogP contribution in [0.5, 0.6) is 0 Å². The fourth-order valence-corrected chi connectivity index (χ4v) is 3.18. The highest BCUT2D eigenvalue weighted by molar-refractivity contribution is 6.60. The number of methoxy groups -OCH3 is 1. The number of hydroxylamine groups is 2. The second-order valence-corrected chi connectivity index (χ2v) is 7.26. The fraction of sp³-hybridized carbons (Fsp3) is 0.714. The second kappa shape index (κ2) is 13.5. The molecule has 0 atom stereocenters. The summed E-state index contributed by atoms with van der Waals surface area (Å²) in [5.74, 6) is 0. The summed E-state index contributed by atoms with van der Waals surface area (Å²) in [4.78, 5) is 0. The van der Waals surface area contributed by atoms with Crippen LogP contribution < -0.4 is 22.0 Å². The molecule has 0 radical (unpaired) electrons. The summed E-state index contributed by atoms with van der Waals surface area (Å²) < 4.78 is 22.5. The Morgan fingerprint density at radius 1 is 1.04 bits per heavy atom. The number of ether oxygens (including phenoxy) is 1. The molecule has 5 N–H and O–H groups in total. The summed E-state index contributed by atoms with van der Waals surface area (Å²) in [6.07, 6.45) is 4.19. The molecule has 0 heterocycles. The normalized spacial score (nSPS) is 15.4. The number of hydrogen-bond donors (Lipinski definition) is 4. The first kappa shape index (κ1) is 22.1. The Bertz CT molecular complexity index is 333. The van der Waals surface area contributed by atoms with E-state index in [0.29, 0.717) is 32.5 Å². The van der Waals surface area contributed by atoms with Crippen molar-refractivity contribution in [2.75, 3.05) is 39.6 Å². The van der Waals surface area contributed by atoms with Crippen LogP contribution in [-0.2, 0) is 18.2 Å². The summed E-state index contributed by atoms with van der Waals surface area (Å²) in [6, 6.07) is 0. The van der Waals surface area contributed by atoms with Gasteiger partial charge in [0.25, 0.3) is 0 Å². The van der Waals surface area contributed by atoms with Gasteiger partial charge in [-0.2, -0.15) is 0 Å². The zero-order valence-corrected chi connectivity index (χ0v) is 15.9. The van der Waals surface area contributed by atoms with Gasteiger partial charge in [-0.25, -0.2) is 0 Å².